The second-order valence-electron chi connectivity index (χ2n) is 7.30. The van der Waals surface area contributed by atoms with Crippen molar-refractivity contribution in [2.75, 3.05) is 0 Å². The Balaban J connectivity index is 1.85. The molecule has 4 N–H and O–H groups in total. The third-order valence-corrected chi connectivity index (χ3v) is 5.48. The molecule has 0 spiro atoms. The molecule has 21 heavy (non-hydrogen) atoms. The number of aliphatic hydroxyl groups excluding tert-OH is 1. The molecule has 0 saturated heterocycles. The van der Waals surface area contributed by atoms with Crippen LogP contribution in [0.1, 0.15) is 89.9 Å². The van der Waals surface area contributed by atoms with Gasteiger partial charge in [-0.15, -0.1) is 0 Å². The molecule has 2 saturated carbocycles. The maximum Gasteiger partial charge on any atom is 0.0693 e. The van der Waals surface area contributed by atoms with Crippen LogP contribution in [0.25, 0.3) is 0 Å². The summed E-state index contributed by atoms with van der Waals surface area (Å²) >= 11 is 0. The van der Waals surface area contributed by atoms with E-state index in [0.29, 0.717) is 6.04 Å². The van der Waals surface area contributed by atoms with E-state index in [1.807, 2.05) is 0 Å². The molecule has 0 radical (unpaired) electrons. The normalized spacial score (nSPS) is 37.4. The van der Waals surface area contributed by atoms with Gasteiger partial charge in [0.25, 0.3) is 0 Å². The minimum Gasteiger partial charge on any atom is -0.392 e. The number of rotatable bonds is 2. The fourth-order valence-electron chi connectivity index (χ4n) is 4.01. The molecular formula is C18H36N2O. The summed E-state index contributed by atoms with van der Waals surface area (Å²) in [5.41, 5.74) is 6.27. The second-order valence-corrected chi connectivity index (χ2v) is 7.30. The van der Waals surface area contributed by atoms with E-state index in [2.05, 4.69) is 5.32 Å². The molecule has 3 heteroatoms. The average molecular weight is 296 g/mol. The van der Waals surface area contributed by atoms with Crippen molar-refractivity contribution >= 4 is 0 Å². The summed E-state index contributed by atoms with van der Waals surface area (Å²) in [4.78, 5) is 0. The van der Waals surface area contributed by atoms with Gasteiger partial charge in [0.05, 0.1) is 6.10 Å². The Bertz CT molecular complexity index is 272. The minimum atomic E-state index is -0.182. The predicted molar refractivity (Wildman–Crippen MR) is 89.3 cm³/mol. The molecule has 2 aliphatic carbocycles. The van der Waals surface area contributed by atoms with Crippen LogP contribution in [0.15, 0.2) is 0 Å². The SMILES string of the molecule is N[C@H]1CCCC[C@@H]1NC1CCCCCCCCCCC1O. The van der Waals surface area contributed by atoms with E-state index in [4.69, 9.17) is 5.73 Å². The first kappa shape index (κ1) is 17.2. The molecular weight excluding hydrogens is 260 g/mol. The highest BCUT2D eigenvalue weighted by atomic mass is 16.3. The van der Waals surface area contributed by atoms with Crippen LogP contribution in [0.4, 0.5) is 0 Å². The van der Waals surface area contributed by atoms with Gasteiger partial charge in [-0.05, 0) is 25.7 Å². The van der Waals surface area contributed by atoms with Gasteiger partial charge >= 0.3 is 0 Å². The molecule has 0 aromatic heterocycles. The molecule has 0 bridgehead atoms. The Morgan fingerprint density at radius 2 is 1.10 bits per heavy atom. The van der Waals surface area contributed by atoms with Crippen molar-refractivity contribution in [1.82, 2.24) is 5.32 Å². The van der Waals surface area contributed by atoms with E-state index in [9.17, 15) is 5.11 Å². The lowest BCUT2D eigenvalue weighted by Gasteiger charge is -2.35. The summed E-state index contributed by atoms with van der Waals surface area (Å²) in [6.45, 7) is 0. The van der Waals surface area contributed by atoms with Crippen LogP contribution in [0, 0.1) is 0 Å². The van der Waals surface area contributed by atoms with Crippen molar-refractivity contribution < 1.29 is 5.11 Å². The molecule has 2 rings (SSSR count). The van der Waals surface area contributed by atoms with Crippen LogP contribution >= 0.6 is 0 Å². The fraction of sp³-hybridized carbons (Fsp3) is 1.00. The van der Waals surface area contributed by atoms with Gasteiger partial charge < -0.3 is 16.2 Å². The third-order valence-electron chi connectivity index (χ3n) is 5.48. The van der Waals surface area contributed by atoms with E-state index < -0.39 is 0 Å². The van der Waals surface area contributed by atoms with Crippen LogP contribution in [-0.2, 0) is 0 Å². The first-order valence-electron chi connectivity index (χ1n) is 9.47. The largest absolute Gasteiger partial charge is 0.392 e. The third kappa shape index (κ3) is 6.25. The van der Waals surface area contributed by atoms with Gasteiger partial charge in [0.1, 0.15) is 0 Å². The summed E-state index contributed by atoms with van der Waals surface area (Å²) < 4.78 is 0. The van der Waals surface area contributed by atoms with Gasteiger partial charge in [-0.25, -0.2) is 0 Å². The topological polar surface area (TPSA) is 58.3 Å². The quantitative estimate of drug-likeness (QED) is 0.731. The summed E-state index contributed by atoms with van der Waals surface area (Å²) in [5.74, 6) is 0. The van der Waals surface area contributed by atoms with Crippen LogP contribution in [-0.4, -0.2) is 29.3 Å². The van der Waals surface area contributed by atoms with Crippen LogP contribution in [0.5, 0.6) is 0 Å². The molecule has 2 unspecified atom stereocenters. The Morgan fingerprint density at radius 3 is 1.76 bits per heavy atom. The van der Waals surface area contributed by atoms with Crippen LogP contribution in [0.3, 0.4) is 0 Å². The minimum absolute atomic E-state index is 0.182. The predicted octanol–water partition coefficient (Wildman–Crippen LogP) is 3.49. The van der Waals surface area contributed by atoms with Crippen molar-refractivity contribution in [3.05, 3.63) is 0 Å². The maximum atomic E-state index is 10.6. The number of aliphatic hydroxyl groups is 1. The zero-order chi connectivity index (χ0) is 14.9. The lowest BCUT2D eigenvalue weighted by Crippen LogP contribution is -2.54. The van der Waals surface area contributed by atoms with Gasteiger partial charge in [0, 0.05) is 18.1 Å². The van der Waals surface area contributed by atoms with Gasteiger partial charge in [-0.3, -0.25) is 0 Å². The molecule has 0 aromatic carbocycles. The maximum absolute atomic E-state index is 10.6. The summed E-state index contributed by atoms with van der Waals surface area (Å²) in [6, 6.07) is 0.970. The smallest absolute Gasteiger partial charge is 0.0693 e. The first-order chi connectivity index (χ1) is 10.3. The second kappa shape index (κ2) is 9.81. The monoisotopic (exact) mass is 296 g/mol. The highest BCUT2D eigenvalue weighted by Crippen LogP contribution is 2.21. The van der Waals surface area contributed by atoms with Crippen molar-refractivity contribution in [3.63, 3.8) is 0 Å². The lowest BCUT2D eigenvalue weighted by molar-refractivity contribution is 0.0963. The number of nitrogens with two attached hydrogens (primary N) is 1. The van der Waals surface area contributed by atoms with Crippen molar-refractivity contribution in [2.45, 2.75) is 114 Å². The molecule has 0 amide bonds. The van der Waals surface area contributed by atoms with Crippen LogP contribution in [0.2, 0.25) is 0 Å². The Hall–Kier alpha value is -0.120. The molecule has 4 atom stereocenters. The summed E-state index contributed by atoms with van der Waals surface area (Å²) in [5, 5.41) is 14.3. The van der Waals surface area contributed by atoms with E-state index in [1.165, 1.54) is 70.6 Å². The van der Waals surface area contributed by atoms with Gasteiger partial charge in [0.2, 0.25) is 0 Å². The van der Waals surface area contributed by atoms with Crippen molar-refractivity contribution in [1.29, 1.82) is 0 Å². The number of hydrogen-bond donors (Lipinski definition) is 3. The van der Waals surface area contributed by atoms with E-state index in [0.717, 1.165) is 19.3 Å². The van der Waals surface area contributed by atoms with E-state index >= 15 is 0 Å². The summed E-state index contributed by atoms with van der Waals surface area (Å²) in [6.07, 6.45) is 17.3. The van der Waals surface area contributed by atoms with Gasteiger partial charge in [-0.1, -0.05) is 64.2 Å². The Labute approximate surface area is 131 Å². The zero-order valence-corrected chi connectivity index (χ0v) is 13.7. The molecule has 0 aliphatic heterocycles. The van der Waals surface area contributed by atoms with E-state index in [1.54, 1.807) is 0 Å². The molecule has 0 heterocycles. The average Bonchev–Trinajstić information content (AvgIpc) is 2.48. The fourth-order valence-corrected chi connectivity index (χ4v) is 4.01. The highest BCUT2D eigenvalue weighted by molar-refractivity contribution is 4.88. The zero-order valence-electron chi connectivity index (χ0n) is 13.7. The number of hydrogen-bond acceptors (Lipinski definition) is 3. The number of nitrogens with one attached hydrogen (secondary N) is 1. The Kier molecular flexibility index (Phi) is 8.05. The van der Waals surface area contributed by atoms with Crippen LogP contribution < -0.4 is 11.1 Å². The van der Waals surface area contributed by atoms with Crippen molar-refractivity contribution in [2.24, 2.45) is 5.73 Å². The van der Waals surface area contributed by atoms with Crippen molar-refractivity contribution in [3.8, 4) is 0 Å². The highest BCUT2D eigenvalue weighted by Gasteiger charge is 2.27. The molecule has 2 aliphatic rings. The molecule has 3 nitrogen and oxygen atoms in total. The molecule has 2 fully saturated rings. The summed E-state index contributed by atoms with van der Waals surface area (Å²) in [7, 11) is 0. The van der Waals surface area contributed by atoms with Gasteiger partial charge in [-0.2, -0.15) is 0 Å². The van der Waals surface area contributed by atoms with E-state index in [-0.39, 0.29) is 18.2 Å². The lowest BCUT2D eigenvalue weighted by atomic mass is 9.88. The molecule has 0 aromatic rings. The standard InChI is InChI=1S/C18H36N2O/c19-15-11-9-10-12-16(15)20-17-13-7-5-3-1-2-4-6-8-14-18(17)21/h15-18,20-21H,1-14,19H2/t15-,16-,17?,18?/m0/s1. The van der Waals surface area contributed by atoms with Gasteiger partial charge in [0.15, 0.2) is 0 Å². The Morgan fingerprint density at radius 1 is 0.619 bits per heavy atom. The molecule has 124 valence electrons. The first-order valence-corrected chi connectivity index (χ1v) is 9.47.